The Labute approximate surface area is 387 Å². The predicted octanol–water partition coefficient (Wildman–Crippen LogP) is 10.9. The Morgan fingerprint density at radius 3 is 1.56 bits per heavy atom. The van der Waals surface area contributed by atoms with Gasteiger partial charge >= 0.3 is 16.4 Å². The van der Waals surface area contributed by atoms with Gasteiger partial charge in [-0.15, -0.1) is 0 Å². The van der Waals surface area contributed by atoms with Crippen LogP contribution in [0.15, 0.2) is 85.1 Å². The summed E-state index contributed by atoms with van der Waals surface area (Å²) in [4.78, 5) is 12.9. The summed E-state index contributed by atoms with van der Waals surface area (Å²) in [5.74, 6) is -0.433. The van der Waals surface area contributed by atoms with Crippen LogP contribution in [-0.4, -0.2) is 97.5 Å². The molecule has 64 heavy (non-hydrogen) atoms. The molecule has 1 fully saturated rings. The first-order valence-corrected chi connectivity index (χ1v) is 25.7. The number of unbranched alkanes of at least 4 members (excludes halogenated alkanes) is 14. The molecule has 0 bridgehead atoms. The molecule has 368 valence electrons. The van der Waals surface area contributed by atoms with Gasteiger partial charge in [0.25, 0.3) is 0 Å². The van der Waals surface area contributed by atoms with Crippen molar-refractivity contribution in [1.82, 2.24) is 0 Å². The van der Waals surface area contributed by atoms with E-state index in [1.807, 2.05) is 0 Å². The summed E-state index contributed by atoms with van der Waals surface area (Å²) in [7, 11) is -5.07. The van der Waals surface area contributed by atoms with E-state index in [9.17, 15) is 28.5 Å². The van der Waals surface area contributed by atoms with Crippen molar-refractivity contribution in [3.63, 3.8) is 0 Å². The van der Waals surface area contributed by atoms with E-state index in [0.717, 1.165) is 83.5 Å². The molecule has 0 aromatic rings. The zero-order chi connectivity index (χ0) is 46.8. The van der Waals surface area contributed by atoms with Crippen molar-refractivity contribution in [3.05, 3.63) is 85.1 Å². The normalized spacial score (nSPS) is 20.5. The molecule has 0 aromatic carbocycles. The summed E-state index contributed by atoms with van der Waals surface area (Å²) in [5, 5.41) is 30.7. The fourth-order valence-corrected chi connectivity index (χ4v) is 7.40. The molecule has 6 atom stereocenters. The number of carbonyl (C=O) groups excluding carboxylic acids is 1. The molecule has 0 amide bonds. The Balaban J connectivity index is 2.40. The van der Waals surface area contributed by atoms with Gasteiger partial charge in [-0.05, 0) is 70.6 Å². The monoisotopic (exact) mass is 923 g/mol. The van der Waals surface area contributed by atoms with Crippen LogP contribution in [0.1, 0.15) is 168 Å². The highest BCUT2D eigenvalue weighted by atomic mass is 32.3. The third-order valence-electron chi connectivity index (χ3n) is 10.5. The molecule has 0 aromatic heterocycles. The van der Waals surface area contributed by atoms with Crippen molar-refractivity contribution >= 4 is 16.4 Å². The SMILES string of the molecule is CC/C=C\C/C=C\C/C=C\C/C=C\C/C=C\C/C=C\C/C=C\CCCCCC(=O)OC(COCCCCCCCCCCCCCC)COC1OC(CO)C(O)C(OS(=O)(=O)O)C1O. The van der Waals surface area contributed by atoms with Crippen molar-refractivity contribution in [2.24, 2.45) is 0 Å². The highest BCUT2D eigenvalue weighted by Crippen LogP contribution is 2.26. The third-order valence-corrected chi connectivity index (χ3v) is 11.0. The second kappa shape index (κ2) is 41.7. The minimum absolute atomic E-state index is 0.0190. The second-order valence-corrected chi connectivity index (χ2v) is 17.4. The van der Waals surface area contributed by atoms with E-state index in [2.05, 4.69) is 103 Å². The highest BCUT2D eigenvalue weighted by molar-refractivity contribution is 7.80. The van der Waals surface area contributed by atoms with Gasteiger partial charge in [0.15, 0.2) is 6.29 Å². The molecular formula is C51H86O12S. The van der Waals surface area contributed by atoms with E-state index in [1.54, 1.807) is 0 Å². The van der Waals surface area contributed by atoms with E-state index >= 15 is 0 Å². The van der Waals surface area contributed by atoms with E-state index in [0.29, 0.717) is 13.0 Å². The quantitative estimate of drug-likeness (QED) is 0.0198. The smallest absolute Gasteiger partial charge is 0.397 e. The van der Waals surface area contributed by atoms with Crippen LogP contribution in [-0.2, 0) is 38.3 Å². The van der Waals surface area contributed by atoms with Crippen molar-refractivity contribution in [3.8, 4) is 0 Å². The molecular weight excluding hydrogens is 837 g/mol. The van der Waals surface area contributed by atoms with Crippen LogP contribution in [0.5, 0.6) is 0 Å². The van der Waals surface area contributed by atoms with Gasteiger partial charge in [-0.25, -0.2) is 4.18 Å². The molecule has 1 rings (SSSR count). The molecule has 1 heterocycles. The van der Waals surface area contributed by atoms with Gasteiger partial charge in [-0.2, -0.15) is 8.42 Å². The predicted molar refractivity (Wildman–Crippen MR) is 257 cm³/mol. The lowest BCUT2D eigenvalue weighted by atomic mass is 9.99. The van der Waals surface area contributed by atoms with Gasteiger partial charge in [0.05, 0.1) is 19.8 Å². The maximum Gasteiger partial charge on any atom is 0.397 e. The molecule has 1 aliphatic heterocycles. The number of esters is 1. The molecule has 0 saturated carbocycles. The summed E-state index contributed by atoms with van der Waals surface area (Å²) in [6.45, 7) is 3.82. The lowest BCUT2D eigenvalue weighted by Gasteiger charge is -2.41. The second-order valence-electron chi connectivity index (χ2n) is 16.3. The fourth-order valence-electron chi connectivity index (χ4n) is 6.89. The summed E-state index contributed by atoms with van der Waals surface area (Å²) in [6, 6.07) is 0. The molecule has 0 spiro atoms. The van der Waals surface area contributed by atoms with Crippen LogP contribution in [0.4, 0.5) is 0 Å². The largest absolute Gasteiger partial charge is 0.457 e. The van der Waals surface area contributed by atoms with Crippen LogP contribution < -0.4 is 0 Å². The molecule has 13 heteroatoms. The number of aliphatic hydroxyl groups excluding tert-OH is 3. The lowest BCUT2D eigenvalue weighted by molar-refractivity contribution is -0.301. The average molecular weight is 923 g/mol. The molecule has 12 nitrogen and oxygen atoms in total. The summed E-state index contributed by atoms with van der Waals surface area (Å²) >= 11 is 0. The maximum absolute atomic E-state index is 12.9. The molecule has 1 saturated heterocycles. The Hall–Kier alpha value is -2.72. The third kappa shape index (κ3) is 34.6. The summed E-state index contributed by atoms with van der Waals surface area (Å²) in [5.41, 5.74) is 0. The standard InChI is InChI=1S/C51H86O12S/c1-3-5-7-9-11-13-15-17-18-19-20-21-22-23-24-25-26-27-28-29-30-32-34-36-38-40-47(53)61-45(43-59-41-39-37-35-33-31-16-14-12-10-8-6-4-2)44-60-51-49(55)50(63-64(56,57)58)48(54)46(42-52)62-51/h5,7,11,13,17-18,20-21,23-24,26-27,29-30,45-46,48-52,54-55H,3-4,6,8-10,12,14-16,19,22,25,28,31-44H2,1-2H3,(H,56,57,58)/b7-5-,13-11-,18-17-,21-20-,24-23-,27-26-,30-29-. The molecule has 4 N–H and O–H groups in total. The van der Waals surface area contributed by atoms with E-state index in [-0.39, 0.29) is 19.6 Å². The minimum Gasteiger partial charge on any atom is -0.457 e. The Kier molecular flexibility index (Phi) is 38.6. The number of hydrogen-bond acceptors (Lipinski definition) is 11. The highest BCUT2D eigenvalue weighted by Gasteiger charge is 2.48. The van der Waals surface area contributed by atoms with E-state index in [1.165, 1.54) is 57.8 Å². The van der Waals surface area contributed by atoms with Crippen LogP contribution in [0.3, 0.4) is 0 Å². The van der Waals surface area contributed by atoms with E-state index in [4.69, 9.17) is 23.5 Å². The molecule has 6 unspecified atom stereocenters. The Morgan fingerprint density at radius 1 is 0.609 bits per heavy atom. The molecule has 1 aliphatic rings. The van der Waals surface area contributed by atoms with Gasteiger partial charge in [-0.1, -0.05) is 176 Å². The zero-order valence-electron chi connectivity index (χ0n) is 39.3. The molecule has 0 aliphatic carbocycles. The summed E-state index contributed by atoms with van der Waals surface area (Å²) in [6.07, 6.45) is 46.2. The Bertz CT molecular complexity index is 1440. The number of hydrogen-bond donors (Lipinski definition) is 4. The minimum atomic E-state index is -5.07. The fraction of sp³-hybridized carbons (Fsp3) is 0.706. The number of carbonyl (C=O) groups is 1. The Morgan fingerprint density at radius 2 is 1.08 bits per heavy atom. The van der Waals surface area contributed by atoms with E-state index < -0.39 is 59.8 Å². The van der Waals surface area contributed by atoms with Crippen molar-refractivity contribution in [2.75, 3.05) is 26.4 Å². The topological polar surface area (TPSA) is 178 Å². The van der Waals surface area contributed by atoms with Crippen LogP contribution in [0, 0.1) is 0 Å². The number of allylic oxidation sites excluding steroid dienone is 14. The lowest BCUT2D eigenvalue weighted by Crippen LogP contribution is -2.60. The first kappa shape index (κ1) is 59.3. The van der Waals surface area contributed by atoms with Crippen LogP contribution in [0.25, 0.3) is 0 Å². The first-order valence-electron chi connectivity index (χ1n) is 24.3. The van der Waals surface area contributed by atoms with Gasteiger partial charge in [-0.3, -0.25) is 9.35 Å². The zero-order valence-corrected chi connectivity index (χ0v) is 40.1. The van der Waals surface area contributed by atoms with Gasteiger partial charge in [0, 0.05) is 13.0 Å². The molecule has 0 radical (unpaired) electrons. The number of aliphatic hydroxyl groups is 3. The van der Waals surface area contributed by atoms with Crippen LogP contribution in [0.2, 0.25) is 0 Å². The number of rotatable bonds is 41. The van der Waals surface area contributed by atoms with Crippen LogP contribution >= 0.6 is 0 Å². The van der Waals surface area contributed by atoms with Gasteiger partial charge in [0.1, 0.15) is 30.5 Å². The van der Waals surface area contributed by atoms with Crippen molar-refractivity contribution in [2.45, 2.75) is 205 Å². The van der Waals surface area contributed by atoms with Gasteiger partial charge < -0.3 is 34.3 Å². The first-order chi connectivity index (χ1) is 31.1. The average Bonchev–Trinajstić information content (AvgIpc) is 3.27. The van der Waals surface area contributed by atoms with Gasteiger partial charge in [0.2, 0.25) is 0 Å². The number of ether oxygens (including phenoxy) is 4. The van der Waals surface area contributed by atoms with Crippen molar-refractivity contribution in [1.29, 1.82) is 0 Å². The summed E-state index contributed by atoms with van der Waals surface area (Å²) < 4.78 is 59.1. The maximum atomic E-state index is 12.9. The van der Waals surface area contributed by atoms with Crippen molar-refractivity contribution < 1.29 is 56.2 Å².